The third-order valence-electron chi connectivity index (χ3n) is 15.8. The standard InChI is InChI=1S/C69H115NO17P2/c1-48(2)24-14-25-49(3)26-15-27-50(4)28-16-29-51(5)30-17-31-52(6)32-18-33-53(7)34-19-35-54(8)36-20-37-55(9)38-21-39-56(10)40-22-41-57(11)42-23-43-58(12)44-45-82-88(78,79)87-89(80,81)86-68-62(70-59(13)73)64(75)67(61(47-72)84-68)85-69-66(77)65(76)63(74)60(46-71)83-69/h24,26,28,30,32,34,36,38,40,42,44,60-69,71-72,74-77H,14-23,25,27,29,31,33,35,37,39,41,43,45-47H2,1-13H3,(H,70,73)(H,78,79)(H,80,81)/p-2/b49-26+,50-28+,51-30-,52-32-,53-34-,54-36-,55-38-,56-40-,57-42-,58-44-/t60-,61-,62-,63+,64-,65+,66-,67-,68+,69+/m1/s1. The van der Waals surface area contributed by atoms with Crippen molar-refractivity contribution in [2.75, 3.05) is 19.8 Å². The zero-order chi connectivity index (χ0) is 66.7. The third kappa shape index (κ3) is 35.9. The van der Waals surface area contributed by atoms with E-state index in [1.165, 1.54) is 61.8 Å². The number of carbonyl (C=O) groups is 1. The van der Waals surface area contributed by atoms with Crippen molar-refractivity contribution in [1.82, 2.24) is 5.32 Å². The van der Waals surface area contributed by atoms with Gasteiger partial charge < -0.3 is 64.5 Å². The molecule has 0 bridgehead atoms. The predicted molar refractivity (Wildman–Crippen MR) is 351 cm³/mol. The summed E-state index contributed by atoms with van der Waals surface area (Å²) < 4.78 is 55.7. The van der Waals surface area contributed by atoms with E-state index in [0.717, 1.165) is 128 Å². The van der Waals surface area contributed by atoms with Crippen LogP contribution in [0, 0.1) is 0 Å². The Kier molecular flexibility index (Phi) is 40.5. The minimum Gasteiger partial charge on any atom is -0.756 e. The van der Waals surface area contributed by atoms with Gasteiger partial charge in [0, 0.05) is 6.92 Å². The van der Waals surface area contributed by atoms with E-state index in [4.69, 9.17) is 23.3 Å². The molecule has 7 N–H and O–H groups in total. The van der Waals surface area contributed by atoms with Crippen molar-refractivity contribution in [3.05, 3.63) is 128 Å². The number of allylic oxidation sites excluding steroid dienone is 21. The first-order valence-electron chi connectivity index (χ1n) is 32.0. The number of aliphatic hydroxyl groups excluding tert-OH is 6. The van der Waals surface area contributed by atoms with Gasteiger partial charge in [0.2, 0.25) is 5.91 Å². The largest absolute Gasteiger partial charge is 0.756 e. The van der Waals surface area contributed by atoms with Gasteiger partial charge in [-0.2, -0.15) is 0 Å². The molecule has 2 unspecified atom stereocenters. The molecular formula is C69H113NO17P2-2. The Balaban J connectivity index is 1.68. The van der Waals surface area contributed by atoms with E-state index in [1.807, 2.05) is 0 Å². The lowest BCUT2D eigenvalue weighted by Crippen LogP contribution is -2.67. The lowest BCUT2D eigenvalue weighted by atomic mass is 9.95. The van der Waals surface area contributed by atoms with Crippen LogP contribution in [0.25, 0.3) is 0 Å². The Hall–Kier alpha value is -3.49. The number of hydrogen-bond acceptors (Lipinski definition) is 17. The van der Waals surface area contributed by atoms with Crippen LogP contribution < -0.4 is 15.1 Å². The lowest BCUT2D eigenvalue weighted by molar-refractivity contribution is -0.347. The van der Waals surface area contributed by atoms with Crippen molar-refractivity contribution in [2.24, 2.45) is 0 Å². The van der Waals surface area contributed by atoms with Crippen molar-refractivity contribution < 1.29 is 81.9 Å². The number of carbonyl (C=O) groups excluding carboxylic acids is 1. The Morgan fingerprint density at radius 1 is 0.427 bits per heavy atom. The van der Waals surface area contributed by atoms with Crippen LogP contribution in [0.2, 0.25) is 0 Å². The maximum atomic E-state index is 12.9. The van der Waals surface area contributed by atoms with E-state index in [2.05, 4.69) is 147 Å². The van der Waals surface area contributed by atoms with Gasteiger partial charge in [0.15, 0.2) is 12.6 Å². The summed E-state index contributed by atoms with van der Waals surface area (Å²) in [4.78, 5) is 37.6. The highest BCUT2D eigenvalue weighted by Gasteiger charge is 2.52. The van der Waals surface area contributed by atoms with Crippen LogP contribution in [0.5, 0.6) is 0 Å². The maximum Gasteiger partial charge on any atom is 0.276 e. The van der Waals surface area contributed by atoms with Crippen LogP contribution >= 0.6 is 15.6 Å². The molecule has 18 nitrogen and oxygen atoms in total. The van der Waals surface area contributed by atoms with Crippen molar-refractivity contribution >= 4 is 21.6 Å². The zero-order valence-electron chi connectivity index (χ0n) is 56.0. The van der Waals surface area contributed by atoms with Crippen LogP contribution in [0.4, 0.5) is 0 Å². The highest BCUT2D eigenvalue weighted by molar-refractivity contribution is 7.59. The smallest absolute Gasteiger partial charge is 0.276 e. The summed E-state index contributed by atoms with van der Waals surface area (Å²) in [6, 6.07) is -1.83. The van der Waals surface area contributed by atoms with Crippen molar-refractivity contribution in [1.29, 1.82) is 0 Å². The molecule has 1 amide bonds. The second-order valence-electron chi connectivity index (χ2n) is 24.8. The third-order valence-corrected chi connectivity index (χ3v) is 18.4. The van der Waals surface area contributed by atoms with E-state index in [1.54, 1.807) is 6.92 Å². The average Bonchev–Trinajstić information content (AvgIpc) is 0.975. The molecule has 508 valence electrons. The molecular weight excluding hydrogens is 1180 g/mol. The second-order valence-corrected chi connectivity index (χ2v) is 27.7. The first-order valence-corrected chi connectivity index (χ1v) is 34.9. The molecule has 2 saturated heterocycles. The summed E-state index contributed by atoms with van der Waals surface area (Å²) in [5.41, 5.74) is 15.1. The van der Waals surface area contributed by atoms with Gasteiger partial charge >= 0.3 is 0 Å². The van der Waals surface area contributed by atoms with Gasteiger partial charge in [0.25, 0.3) is 15.6 Å². The van der Waals surface area contributed by atoms with Crippen molar-refractivity contribution in [2.45, 2.75) is 280 Å². The molecule has 0 aromatic rings. The van der Waals surface area contributed by atoms with Crippen molar-refractivity contribution in [3.63, 3.8) is 0 Å². The van der Waals surface area contributed by atoms with Gasteiger partial charge in [-0.1, -0.05) is 128 Å². The predicted octanol–water partition coefficient (Wildman–Crippen LogP) is 13.0. The number of amides is 1. The monoisotopic (exact) mass is 1290 g/mol. The SMILES string of the molecule is CC(=O)N[C@H]1[C@H](OP(=O)([O-])OP(=O)([O-])OC/C=C(/C)CC/C=C(/C)CC/C=C(/C)CC/C=C(/C)CC/C=C(/C)CC/C=C(/C)CC/C=C(/C)CC/C=C(/C)CC/C=C(\C)CC/C=C(\C)CCC=C(C)C)O[C@H](CO)[C@@H](O[C@@H]2O[C@H](CO)[C@H](O)[C@H](O)[C@H]2O)[C@@H]1O. The molecule has 89 heavy (non-hydrogen) atoms. The minimum absolute atomic E-state index is 0.562. The Morgan fingerprint density at radius 2 is 0.742 bits per heavy atom. The summed E-state index contributed by atoms with van der Waals surface area (Å²) in [6.45, 7) is 24.8. The molecule has 20 heteroatoms. The van der Waals surface area contributed by atoms with Gasteiger partial charge in [-0.3, -0.25) is 18.4 Å². The number of aliphatic hydroxyl groups is 6. The van der Waals surface area contributed by atoms with E-state index >= 15 is 0 Å². The van der Waals surface area contributed by atoms with E-state index in [-0.39, 0.29) is 0 Å². The first kappa shape index (κ1) is 81.6. The average molecular weight is 1290 g/mol. The molecule has 0 aromatic carbocycles. The summed E-state index contributed by atoms with van der Waals surface area (Å²) in [7, 11) is -11.5. The lowest BCUT2D eigenvalue weighted by Gasteiger charge is -2.47. The van der Waals surface area contributed by atoms with Gasteiger partial charge in [-0.15, -0.1) is 0 Å². The molecule has 2 aliphatic rings. The van der Waals surface area contributed by atoms with Crippen molar-refractivity contribution in [3.8, 4) is 0 Å². The Morgan fingerprint density at radius 3 is 1.06 bits per heavy atom. The molecule has 0 aromatic heterocycles. The first-order chi connectivity index (χ1) is 42.0. The van der Waals surface area contributed by atoms with Gasteiger partial charge in [-0.25, -0.2) is 4.31 Å². The van der Waals surface area contributed by atoms with Crippen LogP contribution in [0.1, 0.15) is 218 Å². The molecule has 12 atom stereocenters. The van der Waals surface area contributed by atoms with E-state index in [9.17, 15) is 54.4 Å². The van der Waals surface area contributed by atoms with Crippen LogP contribution in [0.15, 0.2) is 128 Å². The fraction of sp³-hybridized carbons (Fsp3) is 0.667. The molecule has 2 fully saturated rings. The molecule has 2 rings (SSSR count). The van der Waals surface area contributed by atoms with Gasteiger partial charge in [-0.05, 0) is 212 Å². The van der Waals surface area contributed by atoms with E-state index < -0.39 is 103 Å². The number of phosphoric ester groups is 2. The normalized spacial score (nSPS) is 25.7. The summed E-state index contributed by atoms with van der Waals surface area (Å²) in [5, 5.41) is 63.7. The number of rotatable bonds is 42. The Labute approximate surface area is 534 Å². The quantitative estimate of drug-likeness (QED) is 0.0221. The van der Waals surface area contributed by atoms with E-state index in [0.29, 0.717) is 12.8 Å². The number of nitrogens with one attached hydrogen (secondary N) is 1. The number of phosphoric acid groups is 2. The maximum absolute atomic E-state index is 12.9. The number of ether oxygens (including phenoxy) is 3. The fourth-order valence-corrected chi connectivity index (χ4v) is 12.2. The van der Waals surface area contributed by atoms with Gasteiger partial charge in [0.05, 0.1) is 19.8 Å². The Bertz CT molecular complexity index is 2590. The molecule has 2 heterocycles. The molecule has 2 aliphatic heterocycles. The molecule has 0 radical (unpaired) electrons. The summed E-state index contributed by atoms with van der Waals surface area (Å²) >= 11 is 0. The minimum atomic E-state index is -5.92. The van der Waals surface area contributed by atoms with Crippen LogP contribution in [0.3, 0.4) is 0 Å². The number of hydrogen-bond donors (Lipinski definition) is 7. The topological polar surface area (TPSA) is 286 Å². The fourth-order valence-electron chi connectivity index (χ4n) is 10.1. The van der Waals surface area contributed by atoms with Gasteiger partial charge in [0.1, 0.15) is 48.8 Å². The molecule has 0 aliphatic carbocycles. The second kappa shape index (κ2) is 44.2. The van der Waals surface area contributed by atoms with Crippen LogP contribution in [-0.2, 0) is 41.5 Å². The van der Waals surface area contributed by atoms with Crippen LogP contribution in [-0.4, -0.2) is 118 Å². The highest BCUT2D eigenvalue weighted by Crippen LogP contribution is 2.57. The molecule has 0 spiro atoms. The highest BCUT2D eigenvalue weighted by atomic mass is 31.3. The summed E-state index contributed by atoms with van der Waals surface area (Å²) in [6.07, 6.45) is 29.3. The zero-order valence-corrected chi connectivity index (χ0v) is 57.7. The summed E-state index contributed by atoms with van der Waals surface area (Å²) in [5.74, 6) is -0.843. The molecule has 0 saturated carbocycles.